The summed E-state index contributed by atoms with van der Waals surface area (Å²) in [6.45, 7) is 2.26. The zero-order valence-electron chi connectivity index (χ0n) is 7.72. The maximum absolute atomic E-state index is 13.4. The van der Waals surface area contributed by atoms with Crippen LogP contribution in [0.5, 0.6) is 0 Å². The van der Waals surface area contributed by atoms with Crippen LogP contribution in [0, 0.1) is 5.82 Å². The van der Waals surface area contributed by atoms with Crippen LogP contribution >= 0.6 is 47.2 Å². The monoisotopic (exact) mass is 284 g/mol. The molecule has 0 N–H and O–H groups in total. The Morgan fingerprint density at radius 3 is 2.67 bits per heavy atom. The molecule has 0 heterocycles. The van der Waals surface area contributed by atoms with Crippen molar-refractivity contribution in [3.05, 3.63) is 28.0 Å². The summed E-state index contributed by atoms with van der Waals surface area (Å²) in [6, 6.07) is 2.58. The van der Waals surface area contributed by atoms with E-state index < -0.39 is 5.82 Å². The number of halogens is 3. The van der Waals surface area contributed by atoms with Gasteiger partial charge in [0.1, 0.15) is 5.82 Å². The average molecular weight is 285 g/mol. The molecular weight excluding hydrogens is 278 g/mol. The number of thiocarbonyl (C=S) groups is 1. The van der Waals surface area contributed by atoms with Crippen LogP contribution in [0.1, 0.15) is 6.92 Å². The van der Waals surface area contributed by atoms with Gasteiger partial charge in [-0.1, -0.05) is 23.2 Å². The summed E-state index contributed by atoms with van der Waals surface area (Å²) in [5.41, 5.74) is 0. The van der Waals surface area contributed by atoms with Gasteiger partial charge in [-0.05, 0) is 43.0 Å². The van der Waals surface area contributed by atoms with E-state index in [1.54, 1.807) is 6.92 Å². The van der Waals surface area contributed by atoms with E-state index >= 15 is 0 Å². The summed E-state index contributed by atoms with van der Waals surface area (Å²) in [5, 5.41) is 0.473. The molecule has 0 amide bonds. The van der Waals surface area contributed by atoms with Gasteiger partial charge in [0, 0.05) is 0 Å². The summed E-state index contributed by atoms with van der Waals surface area (Å²) in [4.78, 5) is 0.308. The minimum absolute atomic E-state index is 0.181. The van der Waals surface area contributed by atoms with E-state index in [2.05, 4.69) is 0 Å². The van der Waals surface area contributed by atoms with Gasteiger partial charge in [0.15, 0.2) is 0 Å². The molecule has 0 bridgehead atoms. The molecule has 0 radical (unpaired) electrons. The number of benzene rings is 1. The lowest BCUT2D eigenvalue weighted by Gasteiger charge is -2.06. The summed E-state index contributed by atoms with van der Waals surface area (Å²) >= 11 is 17.3. The van der Waals surface area contributed by atoms with E-state index in [-0.39, 0.29) is 9.41 Å². The first kappa shape index (κ1) is 13.0. The second-order valence-corrected chi connectivity index (χ2v) is 4.94. The largest absolute Gasteiger partial charge is 0.479 e. The minimum atomic E-state index is -0.462. The molecular formula is C9H7Cl2FOS2. The molecule has 0 saturated carbocycles. The molecule has 1 aromatic rings. The van der Waals surface area contributed by atoms with Crippen LogP contribution in [0.4, 0.5) is 4.39 Å². The van der Waals surface area contributed by atoms with E-state index in [1.165, 1.54) is 6.07 Å². The zero-order chi connectivity index (χ0) is 11.4. The van der Waals surface area contributed by atoms with Crippen molar-refractivity contribution in [1.82, 2.24) is 0 Å². The van der Waals surface area contributed by atoms with Gasteiger partial charge in [0.2, 0.25) is 4.38 Å². The summed E-state index contributed by atoms with van der Waals surface area (Å²) in [5.74, 6) is -0.462. The van der Waals surface area contributed by atoms with Gasteiger partial charge in [-0.3, -0.25) is 0 Å². The standard InChI is InChI=1S/C9H7Cl2FOS2/c1-2-13-9(14)15-8-4-6(11)5(10)3-7(8)12/h3-4H,2H2,1H3. The maximum Gasteiger partial charge on any atom is 0.224 e. The second kappa shape index (κ2) is 5.89. The minimum Gasteiger partial charge on any atom is -0.479 e. The van der Waals surface area contributed by atoms with E-state index in [0.29, 0.717) is 16.5 Å². The lowest BCUT2D eigenvalue weighted by molar-refractivity contribution is 0.346. The molecule has 82 valence electrons. The van der Waals surface area contributed by atoms with Crippen LogP contribution in [-0.4, -0.2) is 11.0 Å². The van der Waals surface area contributed by atoms with E-state index in [1.807, 2.05) is 0 Å². The average Bonchev–Trinajstić information content (AvgIpc) is 2.14. The summed E-state index contributed by atoms with van der Waals surface area (Å²) < 4.78 is 18.6. The number of hydrogen-bond acceptors (Lipinski definition) is 3. The van der Waals surface area contributed by atoms with Crippen molar-refractivity contribution in [2.75, 3.05) is 6.61 Å². The molecule has 0 aromatic heterocycles. The Labute approximate surface area is 107 Å². The van der Waals surface area contributed by atoms with Gasteiger partial charge in [0.05, 0.1) is 21.5 Å². The third-order valence-corrected chi connectivity index (χ3v) is 3.34. The molecule has 1 nitrogen and oxygen atoms in total. The predicted octanol–water partition coefficient (Wildman–Crippen LogP) is 4.55. The molecule has 0 spiro atoms. The maximum atomic E-state index is 13.4. The molecule has 1 aromatic carbocycles. The third kappa shape index (κ3) is 3.79. The predicted molar refractivity (Wildman–Crippen MR) is 66.5 cm³/mol. The lowest BCUT2D eigenvalue weighted by Crippen LogP contribution is -1.96. The lowest BCUT2D eigenvalue weighted by atomic mass is 10.3. The fourth-order valence-corrected chi connectivity index (χ4v) is 2.28. The Morgan fingerprint density at radius 2 is 2.07 bits per heavy atom. The number of ether oxygens (including phenoxy) is 1. The SMILES string of the molecule is CCOC(=S)Sc1cc(Cl)c(Cl)cc1F. The number of hydrogen-bond donors (Lipinski definition) is 0. The zero-order valence-corrected chi connectivity index (χ0v) is 10.9. The first-order chi connectivity index (χ1) is 7.04. The molecule has 0 saturated heterocycles. The van der Waals surface area contributed by atoms with E-state index in [4.69, 9.17) is 40.2 Å². The molecule has 0 aliphatic rings. The highest BCUT2D eigenvalue weighted by Crippen LogP contribution is 2.31. The molecule has 0 unspecified atom stereocenters. The Hall–Kier alpha value is -0.0300. The van der Waals surface area contributed by atoms with Gasteiger partial charge in [-0.2, -0.15) is 0 Å². The van der Waals surface area contributed by atoms with E-state index in [9.17, 15) is 4.39 Å². The van der Waals surface area contributed by atoms with Crippen LogP contribution in [0.2, 0.25) is 10.0 Å². The second-order valence-electron chi connectivity index (χ2n) is 2.48. The van der Waals surface area contributed by atoms with Crippen LogP contribution in [0.15, 0.2) is 17.0 Å². The highest BCUT2D eigenvalue weighted by molar-refractivity contribution is 8.22. The molecule has 0 aliphatic heterocycles. The van der Waals surface area contributed by atoms with Crippen molar-refractivity contribution in [2.24, 2.45) is 0 Å². The van der Waals surface area contributed by atoms with Crippen molar-refractivity contribution in [2.45, 2.75) is 11.8 Å². The molecule has 0 aliphatic carbocycles. The topological polar surface area (TPSA) is 9.23 Å². The molecule has 15 heavy (non-hydrogen) atoms. The van der Waals surface area contributed by atoms with Crippen LogP contribution in [0.3, 0.4) is 0 Å². The Bertz CT molecular complexity index is 385. The normalized spacial score (nSPS) is 10.1. The van der Waals surface area contributed by atoms with E-state index in [0.717, 1.165) is 17.8 Å². The number of rotatable bonds is 2. The third-order valence-electron chi connectivity index (χ3n) is 1.43. The molecule has 1 rings (SSSR count). The summed E-state index contributed by atoms with van der Waals surface area (Å²) in [7, 11) is 0. The molecule has 0 fully saturated rings. The fourth-order valence-electron chi connectivity index (χ4n) is 0.820. The highest BCUT2D eigenvalue weighted by Gasteiger charge is 2.10. The van der Waals surface area contributed by atoms with Crippen molar-refractivity contribution in [3.8, 4) is 0 Å². The summed E-state index contributed by atoms with van der Waals surface area (Å²) in [6.07, 6.45) is 0. The van der Waals surface area contributed by atoms with Gasteiger partial charge in [-0.15, -0.1) is 0 Å². The van der Waals surface area contributed by atoms with Crippen LogP contribution in [-0.2, 0) is 4.74 Å². The first-order valence-corrected chi connectivity index (χ1v) is 6.01. The highest BCUT2D eigenvalue weighted by atomic mass is 35.5. The van der Waals surface area contributed by atoms with Crippen molar-refractivity contribution in [1.29, 1.82) is 0 Å². The van der Waals surface area contributed by atoms with Gasteiger partial charge >= 0.3 is 0 Å². The molecule has 0 atom stereocenters. The van der Waals surface area contributed by atoms with Crippen molar-refractivity contribution >= 4 is 51.6 Å². The Kier molecular flexibility index (Phi) is 5.12. The van der Waals surface area contributed by atoms with Crippen molar-refractivity contribution in [3.63, 3.8) is 0 Å². The Morgan fingerprint density at radius 1 is 1.47 bits per heavy atom. The van der Waals surface area contributed by atoms with Crippen molar-refractivity contribution < 1.29 is 9.13 Å². The molecule has 6 heteroatoms. The fraction of sp³-hybridized carbons (Fsp3) is 0.222. The first-order valence-electron chi connectivity index (χ1n) is 4.03. The van der Waals surface area contributed by atoms with Gasteiger partial charge in [-0.25, -0.2) is 4.39 Å². The van der Waals surface area contributed by atoms with Crippen LogP contribution in [0.25, 0.3) is 0 Å². The Balaban J connectivity index is 2.86. The number of thioether (sulfide) groups is 1. The van der Waals surface area contributed by atoms with Gasteiger partial charge < -0.3 is 4.74 Å². The van der Waals surface area contributed by atoms with Gasteiger partial charge in [0.25, 0.3) is 0 Å². The van der Waals surface area contributed by atoms with Crippen LogP contribution < -0.4 is 0 Å². The quantitative estimate of drug-likeness (QED) is 0.448. The smallest absolute Gasteiger partial charge is 0.224 e.